The molecule has 1 aliphatic rings. The maximum atomic E-state index is 11.7. The number of benzene rings is 1. The highest BCUT2D eigenvalue weighted by atomic mass is 16.6. The van der Waals surface area contributed by atoms with E-state index in [0.29, 0.717) is 12.6 Å². The van der Waals surface area contributed by atoms with Gasteiger partial charge in [0.05, 0.1) is 18.0 Å². The van der Waals surface area contributed by atoms with Crippen molar-refractivity contribution in [2.24, 2.45) is 0 Å². The second-order valence-corrected chi connectivity index (χ2v) is 5.52. The summed E-state index contributed by atoms with van der Waals surface area (Å²) in [6.07, 6.45) is 1.70. The Morgan fingerprint density at radius 2 is 2.00 bits per heavy atom. The molecule has 5 heteroatoms. The molecule has 0 aromatic heterocycles. The van der Waals surface area contributed by atoms with Gasteiger partial charge in [0.25, 0.3) is 0 Å². The number of hydrogen-bond acceptors (Lipinski definition) is 4. The van der Waals surface area contributed by atoms with Crippen LogP contribution in [0, 0.1) is 0 Å². The smallest absolute Gasteiger partial charge is 0.409 e. The van der Waals surface area contributed by atoms with Gasteiger partial charge in [0, 0.05) is 33.2 Å². The van der Waals surface area contributed by atoms with Crippen molar-refractivity contribution in [2.45, 2.75) is 25.8 Å². The minimum atomic E-state index is -0.190. The van der Waals surface area contributed by atoms with Crippen molar-refractivity contribution in [1.29, 1.82) is 0 Å². The zero-order valence-corrected chi connectivity index (χ0v) is 13.1. The fourth-order valence-corrected chi connectivity index (χ4v) is 2.63. The Morgan fingerprint density at radius 1 is 1.33 bits per heavy atom. The molecule has 1 heterocycles. The van der Waals surface area contributed by atoms with Crippen molar-refractivity contribution in [3.63, 3.8) is 0 Å². The standard InChI is InChI=1S/C16H25N3O2/c1-4-21-16(20)19-11-9-13(10-12-19)17-14-7-5-6-8-15(14)18(2)3/h5-8,13,17H,4,9-12H2,1-3H3. The van der Waals surface area contributed by atoms with Crippen LogP contribution < -0.4 is 10.2 Å². The van der Waals surface area contributed by atoms with Crippen LogP contribution in [0.25, 0.3) is 0 Å². The monoisotopic (exact) mass is 291 g/mol. The van der Waals surface area contributed by atoms with Crippen molar-refractivity contribution in [2.75, 3.05) is 44.0 Å². The van der Waals surface area contributed by atoms with Gasteiger partial charge in [-0.05, 0) is 31.9 Å². The van der Waals surface area contributed by atoms with Crippen LogP contribution >= 0.6 is 0 Å². The topological polar surface area (TPSA) is 44.8 Å². The molecule has 1 aromatic carbocycles. The van der Waals surface area contributed by atoms with Crippen LogP contribution in [0.5, 0.6) is 0 Å². The normalized spacial score (nSPS) is 15.7. The first-order chi connectivity index (χ1) is 10.1. The van der Waals surface area contributed by atoms with E-state index < -0.39 is 0 Å². The van der Waals surface area contributed by atoms with Gasteiger partial charge in [0.1, 0.15) is 0 Å². The molecule has 0 radical (unpaired) electrons. The Morgan fingerprint density at radius 3 is 2.62 bits per heavy atom. The summed E-state index contributed by atoms with van der Waals surface area (Å²) in [7, 11) is 4.09. The Balaban J connectivity index is 1.91. The van der Waals surface area contributed by atoms with Crippen LogP contribution in [-0.2, 0) is 4.74 Å². The van der Waals surface area contributed by atoms with Crippen LogP contribution in [-0.4, -0.2) is 50.8 Å². The molecule has 0 unspecified atom stereocenters. The van der Waals surface area contributed by atoms with E-state index in [0.717, 1.165) is 31.6 Å². The third-order valence-corrected chi connectivity index (χ3v) is 3.77. The number of ether oxygens (including phenoxy) is 1. The number of piperidine rings is 1. The number of rotatable bonds is 4. The quantitative estimate of drug-likeness (QED) is 0.926. The van der Waals surface area contributed by atoms with Crippen molar-refractivity contribution >= 4 is 17.5 Å². The molecule has 1 N–H and O–H groups in total. The Hall–Kier alpha value is -1.91. The van der Waals surface area contributed by atoms with Crippen LogP contribution in [0.4, 0.5) is 16.2 Å². The molecule has 0 bridgehead atoms. The third-order valence-electron chi connectivity index (χ3n) is 3.77. The zero-order chi connectivity index (χ0) is 15.2. The number of para-hydroxylation sites is 2. The molecule has 0 aliphatic carbocycles. The lowest BCUT2D eigenvalue weighted by atomic mass is 10.0. The zero-order valence-electron chi connectivity index (χ0n) is 13.1. The van der Waals surface area contributed by atoms with E-state index >= 15 is 0 Å². The number of nitrogens with zero attached hydrogens (tertiary/aromatic N) is 2. The summed E-state index contributed by atoms with van der Waals surface area (Å²) in [6.45, 7) is 3.78. The molecule has 2 rings (SSSR count). The second kappa shape index (κ2) is 7.20. The lowest BCUT2D eigenvalue weighted by molar-refractivity contribution is 0.0983. The van der Waals surface area contributed by atoms with E-state index in [-0.39, 0.29) is 6.09 Å². The van der Waals surface area contributed by atoms with E-state index in [4.69, 9.17) is 4.74 Å². The summed E-state index contributed by atoms with van der Waals surface area (Å²) >= 11 is 0. The molecule has 1 amide bonds. The fraction of sp³-hybridized carbons (Fsp3) is 0.562. The molecular weight excluding hydrogens is 266 g/mol. The fourth-order valence-electron chi connectivity index (χ4n) is 2.63. The summed E-state index contributed by atoms with van der Waals surface area (Å²) in [5.74, 6) is 0. The number of carbonyl (C=O) groups excluding carboxylic acids is 1. The van der Waals surface area contributed by atoms with E-state index in [9.17, 15) is 4.79 Å². The number of amides is 1. The van der Waals surface area contributed by atoms with Gasteiger partial charge < -0.3 is 19.9 Å². The third kappa shape index (κ3) is 4.03. The predicted octanol–water partition coefficient (Wildman–Crippen LogP) is 2.79. The number of nitrogens with one attached hydrogen (secondary N) is 1. The van der Waals surface area contributed by atoms with Crippen molar-refractivity contribution < 1.29 is 9.53 Å². The van der Waals surface area contributed by atoms with Crippen molar-refractivity contribution in [3.05, 3.63) is 24.3 Å². The maximum Gasteiger partial charge on any atom is 0.409 e. The summed E-state index contributed by atoms with van der Waals surface area (Å²) in [6, 6.07) is 8.70. The summed E-state index contributed by atoms with van der Waals surface area (Å²) in [5, 5.41) is 3.60. The van der Waals surface area contributed by atoms with Gasteiger partial charge in [-0.25, -0.2) is 4.79 Å². The van der Waals surface area contributed by atoms with Gasteiger partial charge in [-0.15, -0.1) is 0 Å². The largest absolute Gasteiger partial charge is 0.450 e. The van der Waals surface area contributed by atoms with E-state index in [1.165, 1.54) is 5.69 Å². The number of carbonyl (C=O) groups is 1. The first-order valence-corrected chi connectivity index (χ1v) is 7.56. The lowest BCUT2D eigenvalue weighted by Crippen LogP contribution is -2.42. The van der Waals surface area contributed by atoms with E-state index in [1.807, 2.05) is 33.2 Å². The minimum absolute atomic E-state index is 0.190. The predicted molar refractivity (Wildman–Crippen MR) is 86.0 cm³/mol. The average Bonchev–Trinajstić information content (AvgIpc) is 2.48. The van der Waals surface area contributed by atoms with Gasteiger partial charge in [-0.1, -0.05) is 12.1 Å². The van der Waals surface area contributed by atoms with Crippen LogP contribution in [0.1, 0.15) is 19.8 Å². The first kappa shape index (κ1) is 15.5. The molecule has 116 valence electrons. The van der Waals surface area contributed by atoms with Gasteiger partial charge in [0.15, 0.2) is 0 Å². The number of hydrogen-bond donors (Lipinski definition) is 1. The molecule has 0 spiro atoms. The highest BCUT2D eigenvalue weighted by Crippen LogP contribution is 2.26. The Labute approximate surface area is 126 Å². The first-order valence-electron chi connectivity index (χ1n) is 7.56. The maximum absolute atomic E-state index is 11.7. The molecule has 1 fully saturated rings. The lowest BCUT2D eigenvalue weighted by Gasteiger charge is -2.33. The molecular formula is C16H25N3O2. The second-order valence-electron chi connectivity index (χ2n) is 5.52. The molecule has 21 heavy (non-hydrogen) atoms. The van der Waals surface area contributed by atoms with Crippen molar-refractivity contribution in [1.82, 2.24) is 4.90 Å². The SMILES string of the molecule is CCOC(=O)N1CCC(Nc2ccccc2N(C)C)CC1. The molecule has 5 nitrogen and oxygen atoms in total. The van der Waals surface area contributed by atoms with Crippen LogP contribution in [0.3, 0.4) is 0 Å². The van der Waals surface area contributed by atoms with Gasteiger partial charge in [-0.2, -0.15) is 0 Å². The molecule has 1 aromatic rings. The number of likely N-dealkylation sites (tertiary alicyclic amines) is 1. The van der Waals surface area contributed by atoms with E-state index in [1.54, 1.807) is 4.90 Å². The van der Waals surface area contributed by atoms with Gasteiger partial charge in [0.2, 0.25) is 0 Å². The molecule has 0 saturated carbocycles. The highest BCUT2D eigenvalue weighted by Gasteiger charge is 2.23. The van der Waals surface area contributed by atoms with Gasteiger partial charge >= 0.3 is 6.09 Å². The van der Waals surface area contributed by atoms with Gasteiger partial charge in [-0.3, -0.25) is 0 Å². The number of anilines is 2. The highest BCUT2D eigenvalue weighted by molar-refractivity contribution is 5.70. The summed E-state index contributed by atoms with van der Waals surface area (Å²) < 4.78 is 5.05. The van der Waals surface area contributed by atoms with Crippen LogP contribution in [0.15, 0.2) is 24.3 Å². The molecule has 1 aliphatic heterocycles. The molecule has 0 atom stereocenters. The summed E-state index contributed by atoms with van der Waals surface area (Å²) in [4.78, 5) is 15.6. The average molecular weight is 291 g/mol. The minimum Gasteiger partial charge on any atom is -0.450 e. The Bertz CT molecular complexity index is 468. The Kier molecular flexibility index (Phi) is 5.31. The van der Waals surface area contributed by atoms with E-state index in [2.05, 4.69) is 22.3 Å². The summed E-state index contributed by atoms with van der Waals surface area (Å²) in [5.41, 5.74) is 2.34. The van der Waals surface area contributed by atoms with Crippen LogP contribution in [0.2, 0.25) is 0 Å². The van der Waals surface area contributed by atoms with Crippen molar-refractivity contribution in [3.8, 4) is 0 Å². The molecule has 1 saturated heterocycles.